The van der Waals surface area contributed by atoms with Crippen molar-refractivity contribution in [3.63, 3.8) is 0 Å². The molecule has 0 aliphatic heterocycles. The molecule has 0 heterocycles. The summed E-state index contributed by atoms with van der Waals surface area (Å²) in [4.78, 5) is 0.391. The summed E-state index contributed by atoms with van der Waals surface area (Å²) in [5, 5.41) is 0. The van der Waals surface area contributed by atoms with Gasteiger partial charge in [-0.2, -0.15) is 0 Å². The van der Waals surface area contributed by atoms with E-state index < -0.39 is 11.1 Å². The highest BCUT2D eigenvalue weighted by Gasteiger charge is 2.04. The van der Waals surface area contributed by atoms with E-state index in [1.54, 1.807) is 24.3 Å². The Kier molecular flexibility index (Phi) is 3.05. The van der Waals surface area contributed by atoms with Gasteiger partial charge in [-0.3, -0.25) is 0 Å². The first-order valence-electron chi connectivity index (χ1n) is 3.00. The van der Waals surface area contributed by atoms with Gasteiger partial charge in [0.2, 0.25) is 0 Å². The van der Waals surface area contributed by atoms with Crippen molar-refractivity contribution >= 4 is 22.7 Å². The normalized spacial score (nSPS) is 12.9. The lowest BCUT2D eigenvalue weighted by molar-refractivity contribution is 0.563. The van der Waals surface area contributed by atoms with E-state index in [0.29, 0.717) is 10.5 Å². The molecule has 0 aliphatic carbocycles. The molecule has 1 atom stereocenters. The molecule has 0 bridgehead atoms. The molecule has 60 valence electrons. The van der Waals surface area contributed by atoms with Crippen molar-refractivity contribution in [2.24, 2.45) is 0 Å². The molecule has 0 aromatic heterocycles. The lowest BCUT2D eigenvalue weighted by Crippen LogP contribution is -1.93. The second-order valence-corrected chi connectivity index (χ2v) is 3.20. The molecule has 1 unspecified atom stereocenters. The lowest BCUT2D eigenvalue weighted by atomic mass is 10.2. The molecule has 0 fully saturated rings. The number of rotatable bonds is 2. The Morgan fingerprint density at radius 2 is 2.09 bits per heavy atom. The van der Waals surface area contributed by atoms with Gasteiger partial charge in [0.05, 0.1) is 4.90 Å². The molecule has 0 radical (unpaired) electrons. The molecular formula is C7H7ClO2S. The highest BCUT2D eigenvalue weighted by molar-refractivity contribution is 7.79. The fraction of sp³-hybridized carbons (Fsp3) is 0.143. The van der Waals surface area contributed by atoms with E-state index in [9.17, 15) is 4.21 Å². The van der Waals surface area contributed by atoms with Crippen molar-refractivity contribution in [1.82, 2.24) is 0 Å². The number of hydrogen-bond acceptors (Lipinski definition) is 1. The zero-order chi connectivity index (χ0) is 8.27. The fourth-order valence-electron chi connectivity index (χ4n) is 0.785. The Morgan fingerprint density at radius 3 is 2.55 bits per heavy atom. The van der Waals surface area contributed by atoms with E-state index in [0.717, 1.165) is 0 Å². The second-order valence-electron chi connectivity index (χ2n) is 1.99. The second kappa shape index (κ2) is 3.85. The summed E-state index contributed by atoms with van der Waals surface area (Å²) < 4.78 is 19.4. The number of alkyl halides is 1. The standard InChI is InChI=1S/C7H7ClO2S/c8-5-6-3-1-2-4-7(6)11(9)10/h1-4H,5H2,(H,9,10). The minimum Gasteiger partial charge on any atom is -0.302 e. The minimum absolute atomic E-state index is 0.266. The summed E-state index contributed by atoms with van der Waals surface area (Å²) in [7, 11) is 0. The highest BCUT2D eigenvalue weighted by atomic mass is 35.5. The SMILES string of the molecule is O=S(O)c1ccccc1CCl. The van der Waals surface area contributed by atoms with Crippen LogP contribution in [0.5, 0.6) is 0 Å². The molecule has 0 saturated heterocycles. The third-order valence-electron chi connectivity index (χ3n) is 1.30. The van der Waals surface area contributed by atoms with E-state index in [4.69, 9.17) is 16.2 Å². The summed E-state index contributed by atoms with van der Waals surface area (Å²) in [5.41, 5.74) is 0.704. The van der Waals surface area contributed by atoms with Crippen LogP contribution in [0.15, 0.2) is 29.2 Å². The minimum atomic E-state index is -1.92. The van der Waals surface area contributed by atoms with Crippen molar-refractivity contribution < 1.29 is 8.76 Å². The molecule has 0 saturated carbocycles. The van der Waals surface area contributed by atoms with Gasteiger partial charge in [-0.05, 0) is 11.6 Å². The largest absolute Gasteiger partial charge is 0.302 e. The van der Waals surface area contributed by atoms with Crippen molar-refractivity contribution in [2.45, 2.75) is 10.8 Å². The van der Waals surface area contributed by atoms with Crippen LogP contribution >= 0.6 is 11.6 Å². The predicted octanol–water partition coefficient (Wildman–Crippen LogP) is 2.01. The van der Waals surface area contributed by atoms with Gasteiger partial charge in [-0.25, -0.2) is 4.21 Å². The van der Waals surface area contributed by atoms with Gasteiger partial charge >= 0.3 is 0 Å². The third-order valence-corrected chi connectivity index (χ3v) is 2.37. The van der Waals surface area contributed by atoms with Gasteiger partial charge < -0.3 is 4.55 Å². The molecular weight excluding hydrogens is 184 g/mol. The van der Waals surface area contributed by atoms with Crippen molar-refractivity contribution in [3.05, 3.63) is 29.8 Å². The van der Waals surface area contributed by atoms with Crippen LogP contribution in [-0.4, -0.2) is 8.76 Å². The zero-order valence-electron chi connectivity index (χ0n) is 5.66. The molecule has 1 aromatic rings. The van der Waals surface area contributed by atoms with Gasteiger partial charge in [-0.1, -0.05) is 18.2 Å². The molecule has 0 spiro atoms. The summed E-state index contributed by atoms with van der Waals surface area (Å²) >= 11 is 3.61. The topological polar surface area (TPSA) is 37.3 Å². The fourth-order valence-corrected chi connectivity index (χ4v) is 1.66. The Labute approximate surface area is 72.5 Å². The van der Waals surface area contributed by atoms with Crippen LogP contribution in [0.25, 0.3) is 0 Å². The number of hydrogen-bond donors (Lipinski definition) is 1. The van der Waals surface area contributed by atoms with Crippen molar-refractivity contribution in [3.8, 4) is 0 Å². The molecule has 1 rings (SSSR count). The maximum Gasteiger partial charge on any atom is 0.186 e. The zero-order valence-corrected chi connectivity index (χ0v) is 7.23. The maximum absolute atomic E-state index is 10.6. The van der Waals surface area contributed by atoms with E-state index in [2.05, 4.69) is 0 Å². The average molecular weight is 191 g/mol. The van der Waals surface area contributed by atoms with Crippen molar-refractivity contribution in [1.29, 1.82) is 0 Å². The van der Waals surface area contributed by atoms with Crippen LogP contribution in [0, 0.1) is 0 Å². The van der Waals surface area contributed by atoms with Crippen LogP contribution in [0.2, 0.25) is 0 Å². The van der Waals surface area contributed by atoms with Gasteiger partial charge in [0.25, 0.3) is 0 Å². The Hall–Kier alpha value is -0.380. The highest BCUT2D eigenvalue weighted by Crippen LogP contribution is 2.13. The van der Waals surface area contributed by atoms with E-state index in [-0.39, 0.29) is 5.88 Å². The summed E-state index contributed by atoms with van der Waals surface area (Å²) in [6, 6.07) is 6.82. The van der Waals surface area contributed by atoms with E-state index >= 15 is 0 Å². The molecule has 4 heteroatoms. The van der Waals surface area contributed by atoms with Gasteiger partial charge in [0.15, 0.2) is 11.1 Å². The molecule has 11 heavy (non-hydrogen) atoms. The van der Waals surface area contributed by atoms with Crippen LogP contribution in [0.4, 0.5) is 0 Å². The average Bonchev–Trinajstić information content (AvgIpc) is 2.04. The van der Waals surface area contributed by atoms with Crippen molar-refractivity contribution in [2.75, 3.05) is 0 Å². The Bertz CT molecular complexity index is 275. The van der Waals surface area contributed by atoms with Gasteiger partial charge in [0.1, 0.15) is 0 Å². The van der Waals surface area contributed by atoms with E-state index in [1.807, 2.05) is 0 Å². The molecule has 0 amide bonds. The number of benzene rings is 1. The maximum atomic E-state index is 10.6. The summed E-state index contributed by atoms with van der Waals surface area (Å²) in [5.74, 6) is 0.266. The van der Waals surface area contributed by atoms with Crippen LogP contribution in [0.1, 0.15) is 5.56 Å². The van der Waals surface area contributed by atoms with Crippen LogP contribution < -0.4 is 0 Å². The first-order valence-corrected chi connectivity index (χ1v) is 4.64. The molecule has 0 aliphatic rings. The Balaban J connectivity index is 3.12. The molecule has 1 N–H and O–H groups in total. The summed E-state index contributed by atoms with van der Waals surface area (Å²) in [6.07, 6.45) is 0. The van der Waals surface area contributed by atoms with E-state index in [1.165, 1.54) is 0 Å². The smallest absolute Gasteiger partial charge is 0.186 e. The van der Waals surface area contributed by atoms with Crippen LogP contribution in [0.3, 0.4) is 0 Å². The van der Waals surface area contributed by atoms with Crippen LogP contribution in [-0.2, 0) is 17.0 Å². The lowest BCUT2D eigenvalue weighted by Gasteiger charge is -1.99. The first kappa shape index (κ1) is 8.71. The van der Waals surface area contributed by atoms with Gasteiger partial charge in [-0.15, -0.1) is 11.6 Å². The molecule has 2 nitrogen and oxygen atoms in total. The molecule has 1 aromatic carbocycles. The monoisotopic (exact) mass is 190 g/mol. The number of halogens is 1. The predicted molar refractivity (Wildman–Crippen MR) is 45.0 cm³/mol. The quantitative estimate of drug-likeness (QED) is 0.572. The third kappa shape index (κ3) is 2.02. The van der Waals surface area contributed by atoms with Gasteiger partial charge in [0, 0.05) is 5.88 Å². The Morgan fingerprint density at radius 1 is 1.45 bits per heavy atom. The summed E-state index contributed by atoms with van der Waals surface area (Å²) in [6.45, 7) is 0. The first-order chi connectivity index (χ1) is 5.25.